The minimum atomic E-state index is 0.0220. The molecule has 0 aromatic carbocycles. The van der Waals surface area contributed by atoms with Crippen molar-refractivity contribution >= 4 is 5.91 Å². The number of carbonyl (C=O) groups is 1. The minimum absolute atomic E-state index is 0.0220. The molecule has 0 saturated carbocycles. The van der Waals surface area contributed by atoms with E-state index < -0.39 is 0 Å². The first-order chi connectivity index (χ1) is 9.97. The Balaban J connectivity index is 1.86. The van der Waals surface area contributed by atoms with Crippen molar-refractivity contribution in [1.29, 1.82) is 0 Å². The van der Waals surface area contributed by atoms with Gasteiger partial charge < -0.3 is 10.2 Å². The summed E-state index contributed by atoms with van der Waals surface area (Å²) < 4.78 is 0. The van der Waals surface area contributed by atoms with E-state index in [1.54, 1.807) is 0 Å². The number of carbonyl (C=O) groups excluding carboxylic acids is 1. The van der Waals surface area contributed by atoms with Gasteiger partial charge in [-0.05, 0) is 65.3 Å². The third kappa shape index (κ3) is 4.27. The van der Waals surface area contributed by atoms with Crippen LogP contribution in [0.2, 0.25) is 0 Å². The van der Waals surface area contributed by atoms with Gasteiger partial charge in [0.1, 0.15) is 0 Å². The maximum absolute atomic E-state index is 12.4. The molecule has 2 heterocycles. The number of amides is 1. The summed E-state index contributed by atoms with van der Waals surface area (Å²) in [6.07, 6.45) is 3.77. The van der Waals surface area contributed by atoms with E-state index >= 15 is 0 Å². The second-order valence-corrected chi connectivity index (χ2v) is 6.37. The molecule has 21 heavy (non-hydrogen) atoms. The smallest absolute Gasteiger partial charge is 0.223 e. The van der Waals surface area contributed by atoms with E-state index in [1.807, 2.05) is 32.2 Å². The highest BCUT2D eigenvalue weighted by atomic mass is 16.1. The normalized spacial score (nSPS) is 18.7. The molecular weight excluding hydrogens is 262 g/mol. The number of piperidine rings is 1. The topological polar surface area (TPSA) is 45.2 Å². The molecular formula is C17H27N3O. The Morgan fingerprint density at radius 2 is 1.95 bits per heavy atom. The average molecular weight is 289 g/mol. The van der Waals surface area contributed by atoms with Gasteiger partial charge in [0.25, 0.3) is 0 Å². The molecule has 0 unspecified atom stereocenters. The number of hydrogen-bond acceptors (Lipinski definition) is 3. The highest BCUT2D eigenvalue weighted by Gasteiger charge is 2.26. The summed E-state index contributed by atoms with van der Waals surface area (Å²) in [6.45, 7) is 10.5. The standard InChI is InChI=1S/C17H27N3O/c1-12(2)20-9-7-15(8-10-20)17(21)19-14(4)16-6-5-13(3)18-11-16/h5-6,11-12,14-15H,7-10H2,1-4H3,(H,19,21)/t14-/m0/s1. The maximum atomic E-state index is 12.4. The summed E-state index contributed by atoms with van der Waals surface area (Å²) in [6, 6.07) is 4.62. The van der Waals surface area contributed by atoms with Gasteiger partial charge in [0.15, 0.2) is 0 Å². The van der Waals surface area contributed by atoms with Crippen molar-refractivity contribution in [3.05, 3.63) is 29.6 Å². The van der Waals surface area contributed by atoms with Gasteiger partial charge in [-0.25, -0.2) is 0 Å². The number of rotatable bonds is 4. The van der Waals surface area contributed by atoms with Gasteiger partial charge in [-0.1, -0.05) is 6.07 Å². The molecule has 1 aromatic heterocycles. The first-order valence-corrected chi connectivity index (χ1v) is 7.94. The van der Waals surface area contributed by atoms with Crippen LogP contribution in [0.1, 0.15) is 50.9 Å². The summed E-state index contributed by atoms with van der Waals surface area (Å²) in [5.74, 6) is 0.340. The third-order valence-corrected chi connectivity index (χ3v) is 4.42. The van der Waals surface area contributed by atoms with Gasteiger partial charge >= 0.3 is 0 Å². The van der Waals surface area contributed by atoms with Crippen LogP contribution >= 0.6 is 0 Å². The van der Waals surface area contributed by atoms with Crippen molar-refractivity contribution in [3.63, 3.8) is 0 Å². The molecule has 0 spiro atoms. The zero-order valence-corrected chi connectivity index (χ0v) is 13.6. The van der Waals surface area contributed by atoms with Gasteiger partial charge in [0, 0.05) is 23.9 Å². The SMILES string of the molecule is Cc1ccc([C@H](C)NC(=O)C2CCN(C(C)C)CC2)cn1. The fourth-order valence-electron chi connectivity index (χ4n) is 2.83. The predicted octanol–water partition coefficient (Wildman–Crippen LogP) is 2.69. The Hall–Kier alpha value is -1.42. The van der Waals surface area contributed by atoms with E-state index in [2.05, 4.69) is 29.0 Å². The number of hydrogen-bond donors (Lipinski definition) is 1. The number of aromatic nitrogens is 1. The van der Waals surface area contributed by atoms with Crippen molar-refractivity contribution in [3.8, 4) is 0 Å². The van der Waals surface area contributed by atoms with Crippen LogP contribution in [0, 0.1) is 12.8 Å². The molecule has 1 N–H and O–H groups in total. The minimum Gasteiger partial charge on any atom is -0.349 e. The fraction of sp³-hybridized carbons (Fsp3) is 0.647. The summed E-state index contributed by atoms with van der Waals surface area (Å²) in [7, 11) is 0. The molecule has 1 atom stereocenters. The summed E-state index contributed by atoms with van der Waals surface area (Å²) in [4.78, 5) is 19.1. The van der Waals surface area contributed by atoms with Crippen LogP contribution in [0.25, 0.3) is 0 Å². The molecule has 0 radical (unpaired) electrons. The Morgan fingerprint density at radius 3 is 2.48 bits per heavy atom. The van der Waals surface area contributed by atoms with Crippen LogP contribution in [-0.2, 0) is 4.79 Å². The molecule has 2 rings (SSSR count). The lowest BCUT2D eigenvalue weighted by Gasteiger charge is -2.34. The molecule has 0 bridgehead atoms. The number of nitrogens with zero attached hydrogens (tertiary/aromatic N) is 2. The second kappa shape index (κ2) is 7.03. The average Bonchev–Trinajstić information content (AvgIpc) is 2.47. The van der Waals surface area contributed by atoms with Crippen LogP contribution in [0.4, 0.5) is 0 Å². The van der Waals surface area contributed by atoms with Gasteiger partial charge in [-0.3, -0.25) is 9.78 Å². The van der Waals surface area contributed by atoms with Gasteiger partial charge in [0.05, 0.1) is 6.04 Å². The lowest BCUT2D eigenvalue weighted by atomic mass is 9.94. The molecule has 1 aliphatic heterocycles. The molecule has 1 aliphatic rings. The molecule has 1 aromatic rings. The van der Waals surface area contributed by atoms with Gasteiger partial charge in [-0.2, -0.15) is 0 Å². The zero-order valence-electron chi connectivity index (χ0n) is 13.6. The van der Waals surface area contributed by atoms with E-state index in [0.717, 1.165) is 37.2 Å². The Kier molecular flexibility index (Phi) is 5.34. The lowest BCUT2D eigenvalue weighted by molar-refractivity contribution is -0.127. The monoisotopic (exact) mass is 289 g/mol. The molecule has 1 saturated heterocycles. The van der Waals surface area contributed by atoms with Crippen molar-refractivity contribution in [2.45, 2.75) is 52.6 Å². The second-order valence-electron chi connectivity index (χ2n) is 6.37. The number of pyridine rings is 1. The first-order valence-electron chi connectivity index (χ1n) is 7.94. The quantitative estimate of drug-likeness (QED) is 0.927. The van der Waals surface area contributed by atoms with Crippen LogP contribution in [0.15, 0.2) is 18.3 Å². The molecule has 4 nitrogen and oxygen atoms in total. The number of likely N-dealkylation sites (tertiary alicyclic amines) is 1. The number of nitrogens with one attached hydrogen (secondary N) is 1. The molecule has 1 amide bonds. The van der Waals surface area contributed by atoms with Crippen LogP contribution in [0.3, 0.4) is 0 Å². The summed E-state index contributed by atoms with van der Waals surface area (Å²) >= 11 is 0. The first kappa shape index (κ1) is 16.0. The van der Waals surface area contributed by atoms with Crippen molar-refractivity contribution in [2.24, 2.45) is 5.92 Å². The van der Waals surface area contributed by atoms with Gasteiger partial charge in [-0.15, -0.1) is 0 Å². The van der Waals surface area contributed by atoms with Crippen LogP contribution in [-0.4, -0.2) is 34.9 Å². The van der Waals surface area contributed by atoms with Crippen LogP contribution < -0.4 is 5.32 Å². The van der Waals surface area contributed by atoms with E-state index in [1.165, 1.54) is 0 Å². The fourth-order valence-corrected chi connectivity index (χ4v) is 2.83. The lowest BCUT2D eigenvalue weighted by Crippen LogP contribution is -2.43. The van der Waals surface area contributed by atoms with E-state index in [4.69, 9.17) is 0 Å². The van der Waals surface area contributed by atoms with Crippen molar-refractivity contribution in [2.75, 3.05) is 13.1 Å². The Labute approximate surface area is 127 Å². The van der Waals surface area contributed by atoms with Crippen LogP contribution in [0.5, 0.6) is 0 Å². The summed E-state index contributed by atoms with van der Waals surface area (Å²) in [5, 5.41) is 3.13. The van der Waals surface area contributed by atoms with Crippen molar-refractivity contribution in [1.82, 2.24) is 15.2 Å². The Morgan fingerprint density at radius 1 is 1.29 bits per heavy atom. The zero-order chi connectivity index (χ0) is 15.4. The highest BCUT2D eigenvalue weighted by molar-refractivity contribution is 5.79. The predicted molar refractivity (Wildman–Crippen MR) is 85.0 cm³/mol. The van der Waals surface area contributed by atoms with E-state index in [0.29, 0.717) is 6.04 Å². The summed E-state index contributed by atoms with van der Waals surface area (Å²) in [5.41, 5.74) is 2.06. The van der Waals surface area contributed by atoms with E-state index in [-0.39, 0.29) is 17.9 Å². The molecule has 0 aliphatic carbocycles. The Bertz CT molecular complexity index is 461. The van der Waals surface area contributed by atoms with Gasteiger partial charge in [0.2, 0.25) is 5.91 Å². The maximum Gasteiger partial charge on any atom is 0.223 e. The third-order valence-electron chi connectivity index (χ3n) is 4.42. The largest absolute Gasteiger partial charge is 0.349 e. The molecule has 4 heteroatoms. The molecule has 1 fully saturated rings. The van der Waals surface area contributed by atoms with Crippen molar-refractivity contribution < 1.29 is 4.79 Å². The highest BCUT2D eigenvalue weighted by Crippen LogP contribution is 2.20. The van der Waals surface area contributed by atoms with E-state index in [9.17, 15) is 4.79 Å². The number of aryl methyl sites for hydroxylation is 1. The molecule has 116 valence electrons.